The normalized spacial score (nSPS) is 16.8. The maximum Gasteiger partial charge on any atom is 0.230 e. The number of anilines is 1. The maximum atomic E-state index is 13.0. The Kier molecular flexibility index (Phi) is 7.40. The summed E-state index contributed by atoms with van der Waals surface area (Å²) in [4.78, 5) is 14.7. The van der Waals surface area contributed by atoms with Gasteiger partial charge in [-0.15, -0.1) is 11.6 Å². The van der Waals surface area contributed by atoms with Crippen LogP contribution in [0.3, 0.4) is 0 Å². The summed E-state index contributed by atoms with van der Waals surface area (Å²) in [5.41, 5.74) is 0.676. The van der Waals surface area contributed by atoms with Crippen molar-refractivity contribution in [3.05, 3.63) is 28.2 Å². The van der Waals surface area contributed by atoms with E-state index in [-0.39, 0.29) is 11.8 Å². The molecule has 1 fully saturated rings. The van der Waals surface area contributed by atoms with E-state index in [1.54, 1.807) is 23.1 Å². The van der Waals surface area contributed by atoms with E-state index in [1.165, 1.54) is 10.6 Å². The van der Waals surface area contributed by atoms with Gasteiger partial charge in [-0.05, 0) is 37.5 Å². The Bertz CT molecular complexity index is 719. The number of nitrogens with zero attached hydrogens (tertiary/aromatic N) is 2. The van der Waals surface area contributed by atoms with Gasteiger partial charge in [0.25, 0.3) is 0 Å². The summed E-state index contributed by atoms with van der Waals surface area (Å²) in [6.45, 7) is 1.20. The highest BCUT2D eigenvalue weighted by Gasteiger charge is 2.32. The number of benzene rings is 1. The van der Waals surface area contributed by atoms with Crippen molar-refractivity contribution in [2.24, 2.45) is 5.92 Å². The molecule has 0 N–H and O–H groups in total. The fraction of sp³-hybridized carbons (Fsp3) is 0.562. The lowest BCUT2D eigenvalue weighted by atomic mass is 9.96. The number of amides is 1. The first-order valence-corrected chi connectivity index (χ1v) is 11.2. The zero-order valence-electron chi connectivity index (χ0n) is 13.9. The van der Waals surface area contributed by atoms with Gasteiger partial charge in [0, 0.05) is 37.1 Å². The SMILES string of the molecule is CS(=O)(=O)N1CCC(C(=O)N(CCCCl)c2ccc(Cl)c(Cl)c2)CC1. The number of carbonyl (C=O) groups is 1. The van der Waals surface area contributed by atoms with Crippen LogP contribution in [0.25, 0.3) is 0 Å². The largest absolute Gasteiger partial charge is 0.312 e. The van der Waals surface area contributed by atoms with Crippen LogP contribution in [-0.4, -0.2) is 50.4 Å². The molecule has 1 aromatic carbocycles. The van der Waals surface area contributed by atoms with E-state index in [4.69, 9.17) is 34.8 Å². The lowest BCUT2D eigenvalue weighted by Gasteiger charge is -2.33. The number of alkyl halides is 1. The summed E-state index contributed by atoms with van der Waals surface area (Å²) in [5.74, 6) is 0.192. The number of piperidine rings is 1. The second-order valence-corrected chi connectivity index (χ2v) is 9.24. The van der Waals surface area contributed by atoms with Crippen LogP contribution in [-0.2, 0) is 14.8 Å². The van der Waals surface area contributed by atoms with Crippen LogP contribution < -0.4 is 4.90 Å². The third-order valence-electron chi connectivity index (χ3n) is 4.27. The Hall–Kier alpha value is -0.530. The highest BCUT2D eigenvalue weighted by Crippen LogP contribution is 2.30. The van der Waals surface area contributed by atoms with Gasteiger partial charge in [0.2, 0.25) is 15.9 Å². The summed E-state index contributed by atoms with van der Waals surface area (Å²) in [6.07, 6.45) is 2.85. The second kappa shape index (κ2) is 8.91. The van der Waals surface area contributed by atoms with E-state index in [0.29, 0.717) is 60.5 Å². The van der Waals surface area contributed by atoms with Crippen LogP contribution in [0.4, 0.5) is 5.69 Å². The lowest BCUT2D eigenvalue weighted by Crippen LogP contribution is -2.44. The van der Waals surface area contributed by atoms with Gasteiger partial charge in [-0.3, -0.25) is 4.79 Å². The van der Waals surface area contributed by atoms with Gasteiger partial charge in [0.15, 0.2) is 0 Å². The average Bonchev–Trinajstić information content (AvgIpc) is 2.57. The molecule has 0 atom stereocenters. The molecule has 9 heteroatoms. The van der Waals surface area contributed by atoms with Crippen LogP contribution in [0.15, 0.2) is 18.2 Å². The van der Waals surface area contributed by atoms with E-state index >= 15 is 0 Å². The average molecular weight is 428 g/mol. The molecule has 0 bridgehead atoms. The van der Waals surface area contributed by atoms with Crippen molar-refractivity contribution in [2.75, 3.05) is 36.7 Å². The second-order valence-electron chi connectivity index (χ2n) is 6.07. The number of halogens is 3. The van der Waals surface area contributed by atoms with Crippen molar-refractivity contribution in [3.63, 3.8) is 0 Å². The number of hydrogen-bond donors (Lipinski definition) is 0. The van der Waals surface area contributed by atoms with Crippen LogP contribution in [0.1, 0.15) is 19.3 Å². The number of hydrogen-bond acceptors (Lipinski definition) is 3. The van der Waals surface area contributed by atoms with Crippen LogP contribution in [0, 0.1) is 5.92 Å². The van der Waals surface area contributed by atoms with Crippen molar-refractivity contribution in [1.82, 2.24) is 4.31 Å². The third kappa shape index (κ3) is 5.47. The minimum atomic E-state index is -3.21. The Morgan fingerprint density at radius 1 is 1.24 bits per heavy atom. The molecule has 1 heterocycles. The first-order chi connectivity index (χ1) is 11.7. The molecular formula is C16H21Cl3N2O3S. The van der Waals surface area contributed by atoms with Crippen molar-refractivity contribution >= 4 is 56.4 Å². The molecule has 1 aromatic rings. The molecule has 5 nitrogen and oxygen atoms in total. The molecule has 0 spiro atoms. The number of carbonyl (C=O) groups excluding carboxylic acids is 1. The van der Waals surface area contributed by atoms with E-state index in [2.05, 4.69) is 0 Å². The van der Waals surface area contributed by atoms with E-state index in [9.17, 15) is 13.2 Å². The molecule has 0 aromatic heterocycles. The minimum Gasteiger partial charge on any atom is -0.312 e. The van der Waals surface area contributed by atoms with Gasteiger partial charge in [-0.1, -0.05) is 23.2 Å². The molecule has 140 valence electrons. The Morgan fingerprint density at radius 2 is 1.88 bits per heavy atom. The fourth-order valence-electron chi connectivity index (χ4n) is 2.89. The molecule has 0 unspecified atom stereocenters. The van der Waals surface area contributed by atoms with E-state index in [0.717, 1.165) is 0 Å². The highest BCUT2D eigenvalue weighted by atomic mass is 35.5. The number of sulfonamides is 1. The first kappa shape index (κ1) is 20.8. The predicted molar refractivity (Wildman–Crippen MR) is 103 cm³/mol. The summed E-state index contributed by atoms with van der Waals surface area (Å²) < 4.78 is 24.7. The third-order valence-corrected chi connectivity index (χ3v) is 6.58. The monoisotopic (exact) mass is 426 g/mol. The topological polar surface area (TPSA) is 57.7 Å². The minimum absolute atomic E-state index is 0.0309. The molecule has 1 amide bonds. The van der Waals surface area contributed by atoms with Crippen molar-refractivity contribution in [2.45, 2.75) is 19.3 Å². The smallest absolute Gasteiger partial charge is 0.230 e. The van der Waals surface area contributed by atoms with Crippen molar-refractivity contribution < 1.29 is 13.2 Å². The summed E-state index contributed by atoms with van der Waals surface area (Å²) in [6, 6.07) is 5.08. The van der Waals surface area contributed by atoms with Gasteiger partial charge < -0.3 is 4.90 Å². The predicted octanol–water partition coefficient (Wildman–Crippen LogP) is 3.63. The van der Waals surface area contributed by atoms with Gasteiger partial charge in [0.1, 0.15) is 0 Å². The first-order valence-electron chi connectivity index (χ1n) is 8.01. The van der Waals surface area contributed by atoms with Gasteiger partial charge in [-0.25, -0.2) is 12.7 Å². The Morgan fingerprint density at radius 3 is 2.40 bits per heavy atom. The molecular weight excluding hydrogens is 407 g/mol. The molecule has 25 heavy (non-hydrogen) atoms. The summed E-state index contributed by atoms with van der Waals surface area (Å²) in [5, 5.41) is 0.811. The molecule has 1 saturated heterocycles. The van der Waals surface area contributed by atoms with Crippen LogP contribution in [0.5, 0.6) is 0 Å². The maximum absolute atomic E-state index is 13.0. The quantitative estimate of drug-likeness (QED) is 0.651. The van der Waals surface area contributed by atoms with Crippen molar-refractivity contribution in [1.29, 1.82) is 0 Å². The van der Waals surface area contributed by atoms with Crippen LogP contribution in [0.2, 0.25) is 10.0 Å². The highest BCUT2D eigenvalue weighted by molar-refractivity contribution is 7.88. The van der Waals surface area contributed by atoms with E-state index in [1.807, 2.05) is 0 Å². The number of rotatable bonds is 6. The summed E-state index contributed by atoms with van der Waals surface area (Å²) in [7, 11) is -3.21. The lowest BCUT2D eigenvalue weighted by molar-refractivity contribution is -0.123. The molecule has 1 aliphatic heterocycles. The van der Waals surface area contributed by atoms with Gasteiger partial charge >= 0.3 is 0 Å². The standard InChI is InChI=1S/C16H21Cl3N2O3S/c1-25(23,24)20-9-5-12(6-10-20)16(22)21(8-2-7-17)13-3-4-14(18)15(19)11-13/h3-4,11-12H,2,5-10H2,1H3. The fourth-order valence-corrected chi connectivity index (χ4v) is 4.18. The Balaban J connectivity index is 2.15. The zero-order valence-corrected chi connectivity index (χ0v) is 17.0. The summed E-state index contributed by atoms with van der Waals surface area (Å²) >= 11 is 17.8. The molecule has 1 aliphatic rings. The van der Waals surface area contributed by atoms with Gasteiger partial charge in [0.05, 0.1) is 16.3 Å². The Labute approximate surface area is 163 Å². The molecule has 0 aliphatic carbocycles. The van der Waals surface area contributed by atoms with E-state index < -0.39 is 10.0 Å². The molecule has 0 saturated carbocycles. The zero-order chi connectivity index (χ0) is 18.6. The van der Waals surface area contributed by atoms with Crippen LogP contribution >= 0.6 is 34.8 Å². The molecule has 2 rings (SSSR count). The molecule has 0 radical (unpaired) electrons. The van der Waals surface area contributed by atoms with Crippen molar-refractivity contribution in [3.8, 4) is 0 Å². The van der Waals surface area contributed by atoms with Gasteiger partial charge in [-0.2, -0.15) is 0 Å².